The molecule has 0 radical (unpaired) electrons. The monoisotopic (exact) mass is 270 g/mol. The van der Waals surface area contributed by atoms with E-state index in [2.05, 4.69) is 24.5 Å². The van der Waals surface area contributed by atoms with Gasteiger partial charge in [-0.1, -0.05) is 25.4 Å². The highest BCUT2D eigenvalue weighted by Gasteiger charge is 2.24. The minimum Gasteiger partial charge on any atom is -0.383 e. The Kier molecular flexibility index (Phi) is 3.76. The van der Waals surface area contributed by atoms with Gasteiger partial charge < -0.3 is 10.6 Å². The van der Waals surface area contributed by atoms with Crippen molar-refractivity contribution in [2.24, 2.45) is 11.8 Å². The van der Waals surface area contributed by atoms with E-state index in [0.29, 0.717) is 23.8 Å². The van der Waals surface area contributed by atoms with Crippen molar-refractivity contribution in [1.82, 2.24) is 0 Å². The summed E-state index contributed by atoms with van der Waals surface area (Å²) in [4.78, 5) is 12.0. The van der Waals surface area contributed by atoms with Crippen LogP contribution in [-0.2, 0) is 4.79 Å². The molecule has 0 aliphatic carbocycles. The number of amides is 1. The Morgan fingerprint density at radius 3 is 2.83 bits per heavy atom. The zero-order valence-corrected chi connectivity index (χ0v) is 11.1. The molecular formula is C13H16ClFN2O. The summed E-state index contributed by atoms with van der Waals surface area (Å²) in [5.41, 5.74) is 1.12. The van der Waals surface area contributed by atoms with Gasteiger partial charge in [-0.2, -0.15) is 0 Å². The Labute approximate surface area is 111 Å². The number of halogens is 2. The molecular weight excluding hydrogens is 255 g/mol. The molecule has 1 unspecified atom stereocenters. The van der Waals surface area contributed by atoms with Gasteiger partial charge in [0.25, 0.3) is 0 Å². The van der Waals surface area contributed by atoms with E-state index >= 15 is 0 Å². The molecule has 3 nitrogen and oxygen atoms in total. The third-order valence-electron chi connectivity index (χ3n) is 2.98. The average Bonchev–Trinajstić information content (AvgIpc) is 2.41. The molecule has 0 fully saturated rings. The number of hydrogen-bond donors (Lipinski definition) is 2. The Morgan fingerprint density at radius 2 is 2.17 bits per heavy atom. The van der Waals surface area contributed by atoms with E-state index in [9.17, 15) is 9.18 Å². The second-order valence-electron chi connectivity index (χ2n) is 5.01. The number of carbonyl (C=O) groups is 1. The molecule has 1 atom stereocenters. The number of benzene rings is 1. The van der Waals surface area contributed by atoms with E-state index in [1.165, 1.54) is 12.1 Å². The van der Waals surface area contributed by atoms with Crippen LogP contribution in [0.15, 0.2) is 12.1 Å². The van der Waals surface area contributed by atoms with Gasteiger partial charge >= 0.3 is 0 Å². The van der Waals surface area contributed by atoms with Crippen LogP contribution in [0.3, 0.4) is 0 Å². The van der Waals surface area contributed by atoms with Crippen molar-refractivity contribution in [1.29, 1.82) is 0 Å². The number of carbonyl (C=O) groups excluding carboxylic acids is 1. The average molecular weight is 271 g/mol. The maximum absolute atomic E-state index is 13.4. The first kappa shape index (κ1) is 13.1. The summed E-state index contributed by atoms with van der Waals surface area (Å²) in [5.74, 6) is -0.278. The van der Waals surface area contributed by atoms with E-state index in [4.69, 9.17) is 11.6 Å². The third kappa shape index (κ3) is 2.75. The first-order valence-corrected chi connectivity index (χ1v) is 6.39. The SMILES string of the molecule is CC(C)CC1CNc2cc(Cl)c(F)cc2NC1=O. The Morgan fingerprint density at radius 1 is 1.44 bits per heavy atom. The smallest absolute Gasteiger partial charge is 0.229 e. The fraction of sp³-hybridized carbons (Fsp3) is 0.462. The summed E-state index contributed by atoms with van der Waals surface area (Å²) in [6, 6.07) is 2.75. The summed E-state index contributed by atoms with van der Waals surface area (Å²) in [5, 5.41) is 5.94. The molecule has 0 saturated carbocycles. The lowest BCUT2D eigenvalue weighted by atomic mass is 9.96. The number of rotatable bonds is 2. The van der Waals surface area contributed by atoms with Crippen molar-refractivity contribution < 1.29 is 9.18 Å². The van der Waals surface area contributed by atoms with Gasteiger partial charge in [-0.15, -0.1) is 0 Å². The number of nitrogens with one attached hydrogen (secondary N) is 2. The largest absolute Gasteiger partial charge is 0.383 e. The molecule has 98 valence electrons. The summed E-state index contributed by atoms with van der Waals surface area (Å²) >= 11 is 5.73. The van der Waals surface area contributed by atoms with E-state index in [0.717, 1.165) is 6.42 Å². The summed E-state index contributed by atoms with van der Waals surface area (Å²) in [7, 11) is 0. The van der Waals surface area contributed by atoms with Crippen LogP contribution in [0.2, 0.25) is 5.02 Å². The number of hydrogen-bond acceptors (Lipinski definition) is 2. The predicted octanol–water partition coefficient (Wildman–Crippen LogP) is 3.51. The highest BCUT2D eigenvalue weighted by Crippen LogP contribution is 2.31. The minimum atomic E-state index is -0.528. The van der Waals surface area contributed by atoms with Gasteiger partial charge in [0.2, 0.25) is 5.91 Å². The first-order valence-electron chi connectivity index (χ1n) is 6.01. The Hall–Kier alpha value is -1.29. The minimum absolute atomic E-state index is 0.0535. The molecule has 1 aromatic rings. The van der Waals surface area contributed by atoms with E-state index in [-0.39, 0.29) is 16.8 Å². The molecule has 1 aliphatic heterocycles. The number of anilines is 2. The quantitative estimate of drug-likeness (QED) is 0.863. The number of fused-ring (bicyclic) bond motifs is 1. The van der Waals surface area contributed by atoms with Gasteiger partial charge in [-0.25, -0.2) is 4.39 Å². The topological polar surface area (TPSA) is 41.1 Å². The van der Waals surface area contributed by atoms with Crippen LogP contribution in [-0.4, -0.2) is 12.5 Å². The van der Waals surface area contributed by atoms with Crippen molar-refractivity contribution in [3.05, 3.63) is 23.0 Å². The highest BCUT2D eigenvalue weighted by molar-refractivity contribution is 6.31. The fourth-order valence-corrected chi connectivity index (χ4v) is 2.28. The van der Waals surface area contributed by atoms with E-state index in [1.54, 1.807) is 0 Å². The predicted molar refractivity (Wildman–Crippen MR) is 71.5 cm³/mol. The van der Waals surface area contributed by atoms with E-state index in [1.807, 2.05) is 0 Å². The molecule has 2 rings (SSSR count). The van der Waals surface area contributed by atoms with Crippen LogP contribution in [0.25, 0.3) is 0 Å². The lowest BCUT2D eigenvalue weighted by Crippen LogP contribution is -2.27. The molecule has 18 heavy (non-hydrogen) atoms. The van der Waals surface area contributed by atoms with Gasteiger partial charge in [-0.3, -0.25) is 4.79 Å². The maximum Gasteiger partial charge on any atom is 0.229 e. The molecule has 1 aliphatic rings. The third-order valence-corrected chi connectivity index (χ3v) is 3.27. The van der Waals surface area contributed by atoms with E-state index < -0.39 is 5.82 Å². The second kappa shape index (κ2) is 5.14. The molecule has 0 spiro atoms. The molecule has 1 aromatic carbocycles. The normalized spacial score (nSPS) is 18.9. The fourth-order valence-electron chi connectivity index (χ4n) is 2.12. The van der Waals surface area contributed by atoms with Crippen molar-refractivity contribution in [2.45, 2.75) is 20.3 Å². The van der Waals surface area contributed by atoms with Crippen LogP contribution >= 0.6 is 11.6 Å². The summed E-state index contributed by atoms with van der Waals surface area (Å²) in [6.45, 7) is 4.68. The van der Waals surface area contributed by atoms with Crippen molar-refractivity contribution >= 4 is 28.9 Å². The first-order chi connectivity index (χ1) is 8.47. The zero-order chi connectivity index (χ0) is 13.3. The van der Waals surface area contributed by atoms with Crippen LogP contribution in [0, 0.1) is 17.7 Å². The standard InChI is InChI=1S/C13H16ClFN2O/c1-7(2)3-8-6-16-11-4-9(14)10(15)5-12(11)17-13(8)18/h4-5,7-8,16H,3,6H2,1-2H3,(H,17,18). The Balaban J connectivity index is 2.24. The van der Waals surface area contributed by atoms with Crippen molar-refractivity contribution in [3.63, 3.8) is 0 Å². The molecule has 5 heteroatoms. The lowest BCUT2D eigenvalue weighted by Gasteiger charge is -2.15. The van der Waals surface area contributed by atoms with Gasteiger partial charge in [0.1, 0.15) is 5.82 Å². The van der Waals surface area contributed by atoms with Gasteiger partial charge in [0, 0.05) is 12.6 Å². The summed E-state index contributed by atoms with van der Waals surface area (Å²) < 4.78 is 13.4. The van der Waals surface area contributed by atoms with Crippen molar-refractivity contribution in [2.75, 3.05) is 17.2 Å². The zero-order valence-electron chi connectivity index (χ0n) is 10.4. The molecule has 0 bridgehead atoms. The highest BCUT2D eigenvalue weighted by atomic mass is 35.5. The summed E-state index contributed by atoms with van der Waals surface area (Å²) in [6.07, 6.45) is 0.795. The molecule has 1 heterocycles. The maximum atomic E-state index is 13.4. The van der Waals surface area contributed by atoms with Crippen LogP contribution < -0.4 is 10.6 Å². The second-order valence-corrected chi connectivity index (χ2v) is 5.42. The Bertz CT molecular complexity index is 476. The molecule has 1 amide bonds. The molecule has 0 saturated heterocycles. The van der Waals surface area contributed by atoms with Crippen LogP contribution in [0.5, 0.6) is 0 Å². The van der Waals surface area contributed by atoms with Crippen LogP contribution in [0.1, 0.15) is 20.3 Å². The van der Waals surface area contributed by atoms with Gasteiger partial charge in [0.05, 0.1) is 22.3 Å². The van der Waals surface area contributed by atoms with Crippen LogP contribution in [0.4, 0.5) is 15.8 Å². The molecule has 0 aromatic heterocycles. The molecule has 2 N–H and O–H groups in total. The lowest BCUT2D eigenvalue weighted by molar-refractivity contribution is -0.119. The van der Waals surface area contributed by atoms with Crippen molar-refractivity contribution in [3.8, 4) is 0 Å². The van der Waals surface area contributed by atoms with Gasteiger partial charge in [0.15, 0.2) is 0 Å². The van der Waals surface area contributed by atoms with Gasteiger partial charge in [-0.05, 0) is 18.4 Å².